The van der Waals surface area contributed by atoms with Crippen molar-refractivity contribution < 1.29 is 0 Å². The molecule has 2 aliphatic rings. The molecule has 0 aromatic carbocycles. The first-order chi connectivity index (χ1) is 12.0. The number of piperidine rings is 1. The van der Waals surface area contributed by atoms with Crippen LogP contribution < -0.4 is 0 Å². The van der Waals surface area contributed by atoms with Gasteiger partial charge in [-0.05, 0) is 50.4 Å². The van der Waals surface area contributed by atoms with Gasteiger partial charge in [0.2, 0.25) is 0 Å². The van der Waals surface area contributed by atoms with Crippen molar-refractivity contribution in [3.05, 3.63) is 0 Å². The standard InChI is InChI=1S/C22H43N3/c1-6-8-16-24(7-2)21(23-20-14-10-9-11-15-20)25-17-12-13-19(18-25)22(3,4)5/h19-20H,6-18H2,1-5H3. The second-order valence-corrected chi connectivity index (χ2v) is 9.31. The van der Waals surface area contributed by atoms with Crippen LogP contribution in [0, 0.1) is 11.3 Å². The number of rotatable bonds is 5. The van der Waals surface area contributed by atoms with Crippen LogP contribution in [0.4, 0.5) is 0 Å². The lowest BCUT2D eigenvalue weighted by molar-refractivity contribution is 0.131. The van der Waals surface area contributed by atoms with Crippen molar-refractivity contribution in [2.45, 2.75) is 98.4 Å². The molecule has 0 aromatic heterocycles. The van der Waals surface area contributed by atoms with Crippen LogP contribution in [0.2, 0.25) is 0 Å². The monoisotopic (exact) mass is 349 g/mol. The Morgan fingerprint density at radius 1 is 1.04 bits per heavy atom. The second-order valence-electron chi connectivity index (χ2n) is 9.31. The molecule has 1 aliphatic heterocycles. The van der Waals surface area contributed by atoms with E-state index in [1.54, 1.807) is 0 Å². The molecule has 0 bridgehead atoms. The van der Waals surface area contributed by atoms with Gasteiger partial charge in [-0.3, -0.25) is 0 Å². The SMILES string of the molecule is CCCCN(CC)C(=NC1CCCCC1)N1CCCC(C(C)(C)C)C1. The van der Waals surface area contributed by atoms with E-state index in [0.29, 0.717) is 11.5 Å². The van der Waals surface area contributed by atoms with E-state index >= 15 is 0 Å². The molecule has 3 heteroatoms. The number of hydrogen-bond acceptors (Lipinski definition) is 1. The third-order valence-corrected chi connectivity index (χ3v) is 6.25. The maximum atomic E-state index is 5.37. The van der Waals surface area contributed by atoms with Crippen LogP contribution in [-0.4, -0.2) is 48.0 Å². The summed E-state index contributed by atoms with van der Waals surface area (Å²) in [6, 6.07) is 0.564. The number of nitrogens with zero attached hydrogens (tertiary/aromatic N) is 3. The van der Waals surface area contributed by atoms with E-state index in [0.717, 1.165) is 19.0 Å². The summed E-state index contributed by atoms with van der Waals surface area (Å²) in [5, 5.41) is 0. The summed E-state index contributed by atoms with van der Waals surface area (Å²) in [5.41, 5.74) is 0.398. The fourth-order valence-electron chi connectivity index (χ4n) is 4.35. The normalized spacial score (nSPS) is 23.8. The van der Waals surface area contributed by atoms with Gasteiger partial charge in [0.05, 0.1) is 6.04 Å². The average molecular weight is 350 g/mol. The maximum Gasteiger partial charge on any atom is 0.196 e. The number of unbranched alkanes of at least 4 members (excludes halogenated alkanes) is 1. The predicted octanol–water partition coefficient (Wildman–Crippen LogP) is 5.56. The first-order valence-corrected chi connectivity index (χ1v) is 11.0. The molecule has 1 aliphatic carbocycles. The molecule has 1 saturated carbocycles. The van der Waals surface area contributed by atoms with Crippen LogP contribution in [0.5, 0.6) is 0 Å². The predicted molar refractivity (Wildman–Crippen MR) is 110 cm³/mol. The van der Waals surface area contributed by atoms with Crippen LogP contribution in [0.25, 0.3) is 0 Å². The van der Waals surface area contributed by atoms with E-state index in [1.165, 1.54) is 76.8 Å². The van der Waals surface area contributed by atoms with E-state index in [1.807, 2.05) is 0 Å². The molecule has 0 aromatic rings. The van der Waals surface area contributed by atoms with Crippen molar-refractivity contribution in [1.82, 2.24) is 9.80 Å². The summed E-state index contributed by atoms with van der Waals surface area (Å²) < 4.78 is 0. The van der Waals surface area contributed by atoms with E-state index in [-0.39, 0.29) is 0 Å². The molecule has 146 valence electrons. The van der Waals surface area contributed by atoms with Crippen LogP contribution in [-0.2, 0) is 0 Å². The van der Waals surface area contributed by atoms with E-state index in [4.69, 9.17) is 4.99 Å². The summed E-state index contributed by atoms with van der Waals surface area (Å²) in [5.74, 6) is 2.11. The third kappa shape index (κ3) is 6.18. The molecule has 2 rings (SSSR count). The minimum atomic E-state index is 0.398. The molecule has 0 N–H and O–H groups in total. The Morgan fingerprint density at radius 3 is 2.36 bits per heavy atom. The van der Waals surface area contributed by atoms with Crippen molar-refractivity contribution in [2.24, 2.45) is 16.3 Å². The Balaban J connectivity index is 2.18. The van der Waals surface area contributed by atoms with Gasteiger partial charge in [0, 0.05) is 26.2 Å². The van der Waals surface area contributed by atoms with Gasteiger partial charge in [-0.15, -0.1) is 0 Å². The fraction of sp³-hybridized carbons (Fsp3) is 0.955. The minimum Gasteiger partial charge on any atom is -0.343 e. The molecule has 1 heterocycles. The quantitative estimate of drug-likeness (QED) is 0.478. The fourth-order valence-corrected chi connectivity index (χ4v) is 4.35. The second kappa shape index (κ2) is 9.83. The summed E-state index contributed by atoms with van der Waals surface area (Å²) in [4.78, 5) is 10.6. The van der Waals surface area contributed by atoms with Crippen molar-refractivity contribution in [1.29, 1.82) is 0 Å². The lowest BCUT2D eigenvalue weighted by atomic mass is 9.76. The molecule has 0 radical (unpaired) electrons. The summed E-state index contributed by atoms with van der Waals surface area (Å²) >= 11 is 0. The molecular formula is C22H43N3. The highest BCUT2D eigenvalue weighted by Crippen LogP contribution is 2.34. The molecule has 1 atom stereocenters. The van der Waals surface area contributed by atoms with Gasteiger partial charge in [-0.1, -0.05) is 53.4 Å². The maximum absolute atomic E-state index is 5.37. The van der Waals surface area contributed by atoms with Crippen LogP contribution in [0.15, 0.2) is 4.99 Å². The van der Waals surface area contributed by atoms with Crippen molar-refractivity contribution in [2.75, 3.05) is 26.2 Å². The highest BCUT2D eigenvalue weighted by atomic mass is 15.4. The number of hydrogen-bond donors (Lipinski definition) is 0. The van der Waals surface area contributed by atoms with Gasteiger partial charge in [0.15, 0.2) is 5.96 Å². The van der Waals surface area contributed by atoms with E-state index in [2.05, 4.69) is 44.4 Å². The zero-order chi connectivity index (χ0) is 18.3. The van der Waals surface area contributed by atoms with Gasteiger partial charge in [0.25, 0.3) is 0 Å². The van der Waals surface area contributed by atoms with Crippen LogP contribution >= 0.6 is 0 Å². The van der Waals surface area contributed by atoms with Crippen LogP contribution in [0.1, 0.15) is 92.4 Å². The van der Waals surface area contributed by atoms with Gasteiger partial charge in [0.1, 0.15) is 0 Å². The average Bonchev–Trinajstić information content (AvgIpc) is 2.61. The number of aliphatic imine (C=N–C) groups is 1. The first-order valence-electron chi connectivity index (χ1n) is 11.0. The third-order valence-electron chi connectivity index (χ3n) is 6.25. The Kier molecular flexibility index (Phi) is 8.09. The van der Waals surface area contributed by atoms with Gasteiger partial charge >= 0.3 is 0 Å². The molecule has 3 nitrogen and oxygen atoms in total. The Morgan fingerprint density at radius 2 is 1.76 bits per heavy atom. The van der Waals surface area contributed by atoms with Gasteiger partial charge in [-0.2, -0.15) is 0 Å². The molecular weight excluding hydrogens is 306 g/mol. The Labute approximate surface area is 157 Å². The van der Waals surface area contributed by atoms with Gasteiger partial charge < -0.3 is 9.80 Å². The zero-order valence-corrected chi connectivity index (χ0v) is 17.7. The van der Waals surface area contributed by atoms with Crippen molar-refractivity contribution in [3.63, 3.8) is 0 Å². The smallest absolute Gasteiger partial charge is 0.196 e. The van der Waals surface area contributed by atoms with E-state index in [9.17, 15) is 0 Å². The number of guanidine groups is 1. The summed E-state index contributed by atoms with van der Waals surface area (Å²) in [6.07, 6.45) is 12.0. The molecule has 2 fully saturated rings. The highest BCUT2D eigenvalue weighted by molar-refractivity contribution is 5.80. The Hall–Kier alpha value is -0.730. The molecule has 1 saturated heterocycles. The minimum absolute atomic E-state index is 0.398. The Bertz CT molecular complexity index is 404. The highest BCUT2D eigenvalue weighted by Gasteiger charge is 2.32. The van der Waals surface area contributed by atoms with Crippen molar-refractivity contribution >= 4 is 5.96 Å². The van der Waals surface area contributed by atoms with Crippen molar-refractivity contribution in [3.8, 4) is 0 Å². The first kappa shape index (κ1) is 20.6. The lowest BCUT2D eigenvalue weighted by Crippen LogP contribution is -2.51. The molecule has 25 heavy (non-hydrogen) atoms. The zero-order valence-electron chi connectivity index (χ0n) is 17.7. The lowest BCUT2D eigenvalue weighted by Gasteiger charge is -2.43. The molecule has 1 unspecified atom stereocenters. The summed E-state index contributed by atoms with van der Waals surface area (Å²) in [6.45, 7) is 16.5. The van der Waals surface area contributed by atoms with Crippen LogP contribution in [0.3, 0.4) is 0 Å². The molecule has 0 spiro atoms. The number of likely N-dealkylation sites (tertiary alicyclic amines) is 1. The summed E-state index contributed by atoms with van der Waals surface area (Å²) in [7, 11) is 0. The van der Waals surface area contributed by atoms with Gasteiger partial charge in [-0.25, -0.2) is 4.99 Å². The largest absolute Gasteiger partial charge is 0.343 e. The topological polar surface area (TPSA) is 18.8 Å². The van der Waals surface area contributed by atoms with E-state index < -0.39 is 0 Å². The molecule has 0 amide bonds.